The van der Waals surface area contributed by atoms with Crippen LogP contribution in [0.2, 0.25) is 0 Å². The summed E-state index contributed by atoms with van der Waals surface area (Å²) in [6, 6.07) is 11.4. The van der Waals surface area contributed by atoms with Crippen molar-refractivity contribution in [1.29, 1.82) is 0 Å². The van der Waals surface area contributed by atoms with E-state index in [1.165, 1.54) is 5.56 Å². The molecular weight excluding hydrogens is 272 g/mol. The Kier molecular flexibility index (Phi) is 4.86. The highest BCUT2D eigenvalue weighted by molar-refractivity contribution is 6.10. The maximum absolute atomic E-state index is 12.6. The molecule has 0 radical (unpaired) electrons. The van der Waals surface area contributed by atoms with Crippen LogP contribution in [0.15, 0.2) is 36.4 Å². The van der Waals surface area contributed by atoms with Gasteiger partial charge in [-0.15, -0.1) is 0 Å². The molecule has 0 aromatic heterocycles. The first-order chi connectivity index (χ1) is 10.5. The van der Waals surface area contributed by atoms with Crippen LogP contribution < -0.4 is 10.6 Å². The highest BCUT2D eigenvalue weighted by Crippen LogP contribution is 2.25. The number of anilines is 2. The van der Waals surface area contributed by atoms with Crippen LogP contribution in [0.1, 0.15) is 40.9 Å². The Labute approximate surface area is 132 Å². The first-order valence-electron chi connectivity index (χ1n) is 7.74. The smallest absolute Gasteiger partial charge is 0.193 e. The summed E-state index contributed by atoms with van der Waals surface area (Å²) in [5.74, 6) is 0.0147. The second-order valence-corrected chi connectivity index (χ2v) is 5.57. The average molecular weight is 296 g/mol. The van der Waals surface area contributed by atoms with Gasteiger partial charge in [-0.3, -0.25) is 4.79 Å². The van der Waals surface area contributed by atoms with Gasteiger partial charge in [-0.25, -0.2) is 0 Å². The summed E-state index contributed by atoms with van der Waals surface area (Å²) in [5.41, 5.74) is 11.4. The first-order valence-corrected chi connectivity index (χ1v) is 7.74. The van der Waals surface area contributed by atoms with Gasteiger partial charge in [-0.05, 0) is 63.1 Å². The minimum absolute atomic E-state index is 0.0147. The van der Waals surface area contributed by atoms with Gasteiger partial charge in [-0.1, -0.05) is 12.1 Å². The molecule has 0 spiro atoms. The van der Waals surface area contributed by atoms with Crippen LogP contribution in [-0.4, -0.2) is 18.9 Å². The minimum Gasteiger partial charge on any atom is -0.397 e. The summed E-state index contributed by atoms with van der Waals surface area (Å²) < 4.78 is 0. The maximum atomic E-state index is 12.6. The molecule has 3 nitrogen and oxygen atoms in total. The Balaban J connectivity index is 2.35. The predicted octanol–water partition coefficient (Wildman–Crippen LogP) is 3.96. The molecule has 0 atom stereocenters. The molecule has 22 heavy (non-hydrogen) atoms. The third kappa shape index (κ3) is 3.14. The van der Waals surface area contributed by atoms with E-state index < -0.39 is 0 Å². The molecule has 0 aliphatic heterocycles. The molecule has 2 rings (SSSR count). The van der Waals surface area contributed by atoms with Crippen molar-refractivity contribution in [3.63, 3.8) is 0 Å². The van der Waals surface area contributed by atoms with Crippen LogP contribution in [0, 0.1) is 13.8 Å². The van der Waals surface area contributed by atoms with E-state index in [2.05, 4.69) is 18.7 Å². The van der Waals surface area contributed by atoms with Crippen molar-refractivity contribution >= 4 is 17.2 Å². The summed E-state index contributed by atoms with van der Waals surface area (Å²) in [6.45, 7) is 10.0. The highest BCUT2D eigenvalue weighted by atomic mass is 16.1. The average Bonchev–Trinajstić information content (AvgIpc) is 2.52. The van der Waals surface area contributed by atoms with Crippen LogP contribution in [0.25, 0.3) is 0 Å². The topological polar surface area (TPSA) is 46.3 Å². The van der Waals surface area contributed by atoms with Gasteiger partial charge in [0.05, 0.1) is 11.4 Å². The third-order valence-electron chi connectivity index (χ3n) is 4.16. The van der Waals surface area contributed by atoms with Crippen molar-refractivity contribution in [2.24, 2.45) is 0 Å². The monoisotopic (exact) mass is 296 g/mol. The lowest BCUT2D eigenvalue weighted by molar-refractivity contribution is 0.103. The summed E-state index contributed by atoms with van der Waals surface area (Å²) in [6.07, 6.45) is 0. The van der Waals surface area contributed by atoms with Crippen LogP contribution in [0.4, 0.5) is 11.4 Å². The van der Waals surface area contributed by atoms with Crippen molar-refractivity contribution in [2.45, 2.75) is 27.7 Å². The molecule has 0 aliphatic rings. The lowest BCUT2D eigenvalue weighted by Crippen LogP contribution is -2.23. The van der Waals surface area contributed by atoms with Crippen LogP contribution in [0.3, 0.4) is 0 Å². The van der Waals surface area contributed by atoms with E-state index in [1.807, 2.05) is 44.2 Å². The van der Waals surface area contributed by atoms with Crippen molar-refractivity contribution in [1.82, 2.24) is 0 Å². The fourth-order valence-corrected chi connectivity index (χ4v) is 2.60. The van der Waals surface area contributed by atoms with Crippen LogP contribution >= 0.6 is 0 Å². The zero-order valence-electron chi connectivity index (χ0n) is 13.8. The van der Waals surface area contributed by atoms with Crippen molar-refractivity contribution in [3.8, 4) is 0 Å². The van der Waals surface area contributed by atoms with Gasteiger partial charge in [0, 0.05) is 24.2 Å². The summed E-state index contributed by atoms with van der Waals surface area (Å²) in [7, 11) is 0. The van der Waals surface area contributed by atoms with Gasteiger partial charge < -0.3 is 10.6 Å². The quantitative estimate of drug-likeness (QED) is 0.671. The number of nitrogens with two attached hydrogens (primary N) is 1. The number of hydrogen-bond acceptors (Lipinski definition) is 3. The van der Waals surface area contributed by atoms with E-state index in [4.69, 9.17) is 5.73 Å². The second kappa shape index (κ2) is 6.65. The fourth-order valence-electron chi connectivity index (χ4n) is 2.60. The maximum Gasteiger partial charge on any atom is 0.193 e. The number of rotatable bonds is 5. The van der Waals surface area contributed by atoms with Gasteiger partial charge in [0.25, 0.3) is 0 Å². The van der Waals surface area contributed by atoms with E-state index >= 15 is 0 Å². The van der Waals surface area contributed by atoms with Crippen molar-refractivity contribution in [3.05, 3.63) is 58.7 Å². The molecule has 0 heterocycles. The predicted molar refractivity (Wildman–Crippen MR) is 93.8 cm³/mol. The molecule has 0 bridgehead atoms. The standard InChI is InChI=1S/C19H24N2O/c1-5-21(6-2)18-10-9-16(12-17(18)20)19(22)15-8-7-13(3)14(4)11-15/h7-12H,5-6,20H2,1-4H3. The third-order valence-corrected chi connectivity index (χ3v) is 4.16. The Hall–Kier alpha value is -2.29. The largest absolute Gasteiger partial charge is 0.397 e. The second-order valence-electron chi connectivity index (χ2n) is 5.57. The summed E-state index contributed by atoms with van der Waals surface area (Å²) in [4.78, 5) is 14.8. The molecule has 2 N–H and O–H groups in total. The van der Waals surface area contributed by atoms with Gasteiger partial charge in [0.1, 0.15) is 0 Å². The number of hydrogen-bond donors (Lipinski definition) is 1. The van der Waals surface area contributed by atoms with Gasteiger partial charge >= 0.3 is 0 Å². The molecule has 2 aromatic carbocycles. The molecule has 3 heteroatoms. The number of ketones is 1. The Morgan fingerprint density at radius 3 is 2.09 bits per heavy atom. The fraction of sp³-hybridized carbons (Fsp3) is 0.316. The molecule has 116 valence electrons. The van der Waals surface area contributed by atoms with E-state index in [-0.39, 0.29) is 5.78 Å². The first kappa shape index (κ1) is 16.1. The van der Waals surface area contributed by atoms with E-state index in [1.54, 1.807) is 6.07 Å². The van der Waals surface area contributed by atoms with E-state index in [0.29, 0.717) is 16.8 Å². The number of nitrogen functional groups attached to an aromatic ring is 1. The molecule has 2 aromatic rings. The minimum atomic E-state index is 0.0147. The summed E-state index contributed by atoms with van der Waals surface area (Å²) >= 11 is 0. The van der Waals surface area contributed by atoms with Crippen molar-refractivity contribution < 1.29 is 4.79 Å². The molecule has 0 unspecified atom stereocenters. The van der Waals surface area contributed by atoms with Gasteiger partial charge in [0.15, 0.2) is 5.78 Å². The highest BCUT2D eigenvalue weighted by Gasteiger charge is 2.13. The number of aryl methyl sites for hydroxylation is 2. The lowest BCUT2D eigenvalue weighted by Gasteiger charge is -2.23. The van der Waals surface area contributed by atoms with Gasteiger partial charge in [-0.2, -0.15) is 0 Å². The molecule has 0 amide bonds. The Morgan fingerprint density at radius 2 is 1.55 bits per heavy atom. The molecule has 0 saturated carbocycles. The van der Waals surface area contributed by atoms with Crippen molar-refractivity contribution in [2.75, 3.05) is 23.7 Å². The zero-order chi connectivity index (χ0) is 16.3. The van der Waals surface area contributed by atoms with Crippen LogP contribution in [0.5, 0.6) is 0 Å². The number of benzene rings is 2. The molecule has 0 saturated heterocycles. The van der Waals surface area contributed by atoms with E-state index in [9.17, 15) is 4.79 Å². The Morgan fingerprint density at radius 1 is 0.955 bits per heavy atom. The zero-order valence-corrected chi connectivity index (χ0v) is 13.8. The summed E-state index contributed by atoms with van der Waals surface area (Å²) in [5, 5.41) is 0. The molecular formula is C19H24N2O. The molecule has 0 fully saturated rings. The lowest BCUT2D eigenvalue weighted by atomic mass is 9.98. The Bertz CT molecular complexity index is 688. The van der Waals surface area contributed by atoms with Gasteiger partial charge in [0.2, 0.25) is 0 Å². The van der Waals surface area contributed by atoms with E-state index in [0.717, 1.165) is 24.3 Å². The number of carbonyl (C=O) groups is 1. The van der Waals surface area contributed by atoms with Crippen LogP contribution in [-0.2, 0) is 0 Å². The normalized spacial score (nSPS) is 10.5. The SMILES string of the molecule is CCN(CC)c1ccc(C(=O)c2ccc(C)c(C)c2)cc1N. The number of nitrogens with zero attached hydrogens (tertiary/aromatic N) is 1. The molecule has 0 aliphatic carbocycles. The number of carbonyl (C=O) groups excluding carboxylic acids is 1.